The van der Waals surface area contributed by atoms with Crippen LogP contribution >= 0.6 is 35.0 Å². The number of nitrogens with zero attached hydrogens (tertiary/aromatic N) is 2. The van der Waals surface area contributed by atoms with Crippen molar-refractivity contribution in [2.45, 2.75) is 90.1 Å². The van der Waals surface area contributed by atoms with Crippen molar-refractivity contribution in [1.29, 1.82) is 0 Å². The molecule has 0 aromatic heterocycles. The van der Waals surface area contributed by atoms with Gasteiger partial charge >= 0.3 is 6.03 Å². The Hall–Kier alpha value is -3.81. The third-order valence-corrected chi connectivity index (χ3v) is 11.6. The highest BCUT2D eigenvalue weighted by Gasteiger charge is 2.44. The molecule has 2 aliphatic heterocycles. The van der Waals surface area contributed by atoms with Gasteiger partial charge in [-0.05, 0) is 75.1 Å². The number of piperidine rings is 2. The highest BCUT2D eigenvalue weighted by atomic mass is 35.5. The van der Waals surface area contributed by atoms with Crippen molar-refractivity contribution in [2.24, 2.45) is 5.41 Å². The number of nitrogens with one attached hydrogen (secondary N) is 4. The summed E-state index contributed by atoms with van der Waals surface area (Å²) in [7, 11) is 0. The summed E-state index contributed by atoms with van der Waals surface area (Å²) in [5, 5.41) is 12.5. The van der Waals surface area contributed by atoms with Crippen LogP contribution in [0, 0.1) is 5.41 Å². The van der Waals surface area contributed by atoms with Gasteiger partial charge in [-0.15, -0.1) is 0 Å². The Labute approximate surface area is 338 Å². The number of hydrogen-bond acceptors (Lipinski definition) is 7. The first-order valence-corrected chi connectivity index (χ1v) is 20.9. The van der Waals surface area contributed by atoms with E-state index in [4.69, 9.17) is 23.2 Å². The third-order valence-electron chi connectivity index (χ3n) is 10.1. The Bertz CT molecular complexity index is 1640. The van der Waals surface area contributed by atoms with E-state index in [9.17, 15) is 28.8 Å². The second kappa shape index (κ2) is 22.1. The summed E-state index contributed by atoms with van der Waals surface area (Å²) < 4.78 is 0. The van der Waals surface area contributed by atoms with E-state index in [2.05, 4.69) is 21.3 Å². The quantitative estimate of drug-likeness (QED) is 0.161. The Kier molecular flexibility index (Phi) is 17.6. The van der Waals surface area contributed by atoms with E-state index >= 15 is 0 Å². The molecule has 300 valence electrons. The molecule has 2 aliphatic rings. The first-order chi connectivity index (χ1) is 26.4. The second-order valence-electron chi connectivity index (χ2n) is 14.4. The summed E-state index contributed by atoms with van der Waals surface area (Å²) in [6.45, 7) is 5.80. The van der Waals surface area contributed by atoms with Gasteiger partial charge in [0.25, 0.3) is 0 Å². The molecular formula is C40H54Cl2N6O6S. The van der Waals surface area contributed by atoms with Gasteiger partial charge in [0.2, 0.25) is 23.6 Å². The maximum Gasteiger partial charge on any atom is 0.318 e. The fraction of sp³-hybridized carbons (Fsp3) is 0.550. The van der Waals surface area contributed by atoms with Crippen LogP contribution < -0.4 is 21.3 Å². The number of amides is 6. The lowest BCUT2D eigenvalue weighted by atomic mass is 9.74. The molecule has 4 rings (SSSR count). The van der Waals surface area contributed by atoms with E-state index in [1.54, 1.807) is 28.0 Å². The maximum absolute atomic E-state index is 14.4. The zero-order valence-corrected chi connectivity index (χ0v) is 34.1. The lowest BCUT2D eigenvalue weighted by molar-refractivity contribution is -0.143. The van der Waals surface area contributed by atoms with Crippen molar-refractivity contribution >= 4 is 69.7 Å². The number of unbranched alkanes of at least 4 members (excludes halogenated alkanes) is 2. The van der Waals surface area contributed by atoms with Crippen LogP contribution in [0.5, 0.6) is 0 Å². The van der Waals surface area contributed by atoms with Crippen LogP contribution in [-0.2, 0) is 36.8 Å². The van der Waals surface area contributed by atoms with Gasteiger partial charge in [-0.3, -0.25) is 24.0 Å². The summed E-state index contributed by atoms with van der Waals surface area (Å²) >= 11 is 13.5. The molecule has 2 atom stereocenters. The van der Waals surface area contributed by atoms with Crippen LogP contribution in [0.15, 0.2) is 48.5 Å². The van der Waals surface area contributed by atoms with Gasteiger partial charge in [0.1, 0.15) is 6.04 Å². The molecule has 12 nitrogen and oxygen atoms in total. The fourth-order valence-corrected chi connectivity index (χ4v) is 7.94. The molecule has 0 spiro atoms. The van der Waals surface area contributed by atoms with Gasteiger partial charge < -0.3 is 31.1 Å². The molecule has 55 heavy (non-hydrogen) atoms. The van der Waals surface area contributed by atoms with Crippen LogP contribution in [0.25, 0.3) is 0 Å². The van der Waals surface area contributed by atoms with Crippen molar-refractivity contribution in [3.63, 3.8) is 0 Å². The Balaban J connectivity index is 1.33. The zero-order valence-electron chi connectivity index (χ0n) is 31.8. The van der Waals surface area contributed by atoms with E-state index in [0.29, 0.717) is 87.7 Å². The zero-order chi connectivity index (χ0) is 39.8. The number of carbonyl (C=O) groups is 6. The fourth-order valence-electron chi connectivity index (χ4n) is 7.19. The molecule has 0 aliphatic carbocycles. The standard InChI is InChI=1S/C40H54Cl2N6O6S/c1-3-43-38(53)40(25-29-11-6-4-7-12-29)18-10-20-48(27-40)37(52)34(24-30-14-15-32(41)33(42)23-30)46-39(54)47-21-16-31(17-22-47)45-35(50)13-8-5-9-19-44-36(51)26-55-28(2)49/h4,6-7,11-12,14-15,23,31,34H,3,5,8-10,13,16-22,24-27H2,1-2H3,(H,43,53)(H,44,51)(H,45,50)(H,46,54)/t34-,40+/m1/s1. The van der Waals surface area contributed by atoms with Crippen molar-refractivity contribution in [1.82, 2.24) is 31.1 Å². The molecule has 6 amide bonds. The average molecular weight is 818 g/mol. The predicted octanol–water partition coefficient (Wildman–Crippen LogP) is 5.14. The molecule has 2 aromatic carbocycles. The van der Waals surface area contributed by atoms with Gasteiger partial charge in [0, 0.05) is 65.1 Å². The van der Waals surface area contributed by atoms with Crippen molar-refractivity contribution in [3.8, 4) is 0 Å². The Morgan fingerprint density at radius 1 is 0.873 bits per heavy atom. The van der Waals surface area contributed by atoms with Gasteiger partial charge in [-0.25, -0.2) is 4.79 Å². The molecule has 2 saturated heterocycles. The molecule has 0 radical (unpaired) electrons. The van der Waals surface area contributed by atoms with Gasteiger partial charge in [-0.2, -0.15) is 0 Å². The first-order valence-electron chi connectivity index (χ1n) is 19.2. The normalized spacial score (nSPS) is 17.9. The Morgan fingerprint density at radius 3 is 2.31 bits per heavy atom. The minimum Gasteiger partial charge on any atom is -0.356 e. The molecule has 4 N–H and O–H groups in total. The van der Waals surface area contributed by atoms with Gasteiger partial charge in [-0.1, -0.05) is 77.8 Å². The number of likely N-dealkylation sites (tertiary alicyclic amines) is 2. The highest BCUT2D eigenvalue weighted by molar-refractivity contribution is 8.14. The summed E-state index contributed by atoms with van der Waals surface area (Å²) in [4.78, 5) is 80.5. The number of benzene rings is 2. The largest absolute Gasteiger partial charge is 0.356 e. The first kappa shape index (κ1) is 43.9. The van der Waals surface area contributed by atoms with Crippen molar-refractivity contribution < 1.29 is 28.8 Å². The molecule has 15 heteroatoms. The van der Waals surface area contributed by atoms with E-state index in [1.807, 2.05) is 37.3 Å². The summed E-state index contributed by atoms with van der Waals surface area (Å²) in [5.41, 5.74) is 0.937. The molecule has 2 heterocycles. The summed E-state index contributed by atoms with van der Waals surface area (Å²) in [5.74, 6) is -0.455. The van der Waals surface area contributed by atoms with E-state index in [-0.39, 0.29) is 59.5 Å². The highest BCUT2D eigenvalue weighted by Crippen LogP contribution is 2.35. The maximum atomic E-state index is 14.4. The molecule has 0 bridgehead atoms. The smallest absolute Gasteiger partial charge is 0.318 e. The minimum absolute atomic E-state index is 0.0467. The number of carbonyl (C=O) groups excluding carboxylic acids is 6. The third kappa shape index (κ3) is 14.0. The van der Waals surface area contributed by atoms with Crippen molar-refractivity contribution in [3.05, 3.63) is 69.7 Å². The van der Waals surface area contributed by atoms with Crippen LogP contribution in [0.1, 0.15) is 76.3 Å². The van der Waals surface area contributed by atoms with E-state index < -0.39 is 11.5 Å². The number of hydrogen-bond donors (Lipinski definition) is 4. The monoisotopic (exact) mass is 816 g/mol. The predicted molar refractivity (Wildman–Crippen MR) is 217 cm³/mol. The number of halogens is 2. The van der Waals surface area contributed by atoms with Crippen molar-refractivity contribution in [2.75, 3.05) is 45.0 Å². The number of rotatable bonds is 17. The van der Waals surface area contributed by atoms with Crippen LogP contribution in [-0.4, -0.2) is 102 Å². The van der Waals surface area contributed by atoms with Crippen LogP contribution in [0.3, 0.4) is 0 Å². The van der Waals surface area contributed by atoms with E-state index in [1.165, 1.54) is 6.92 Å². The van der Waals surface area contributed by atoms with Gasteiger partial charge in [0.05, 0.1) is 21.2 Å². The topological polar surface area (TPSA) is 157 Å². The lowest BCUT2D eigenvalue weighted by Crippen LogP contribution is -2.59. The van der Waals surface area contributed by atoms with Crippen LogP contribution in [0.2, 0.25) is 10.0 Å². The second-order valence-corrected chi connectivity index (χ2v) is 16.4. The molecule has 0 unspecified atom stereocenters. The molecule has 0 saturated carbocycles. The van der Waals surface area contributed by atoms with Crippen LogP contribution in [0.4, 0.5) is 4.79 Å². The molecule has 2 aromatic rings. The number of urea groups is 1. The summed E-state index contributed by atoms with van der Waals surface area (Å²) in [6, 6.07) is 13.6. The lowest BCUT2D eigenvalue weighted by Gasteiger charge is -2.43. The van der Waals surface area contributed by atoms with Gasteiger partial charge in [0.15, 0.2) is 5.12 Å². The molecule has 2 fully saturated rings. The van der Waals surface area contributed by atoms with E-state index in [0.717, 1.165) is 35.7 Å². The summed E-state index contributed by atoms with van der Waals surface area (Å²) in [6.07, 6.45) is 5.69. The SMILES string of the molecule is CCNC(=O)[C@]1(Cc2ccccc2)CCCN(C(=O)[C@@H](Cc2ccc(Cl)c(Cl)c2)NC(=O)N2CCC(NC(=O)CCCCCNC(=O)CSC(C)=O)CC2)C1. The number of thioether (sulfide) groups is 1. The molecular weight excluding hydrogens is 763 g/mol. The minimum atomic E-state index is -0.920. The average Bonchev–Trinajstić information content (AvgIpc) is 3.17. The Morgan fingerprint density at radius 2 is 1.62 bits per heavy atom.